The minimum absolute atomic E-state index is 0.0278. The number of aliphatic imine (C=N–C) groups is 1. The molecule has 0 radical (unpaired) electrons. The molecule has 0 saturated heterocycles. The second kappa shape index (κ2) is 5.71. The summed E-state index contributed by atoms with van der Waals surface area (Å²) >= 11 is 1.53. The van der Waals surface area contributed by atoms with Crippen LogP contribution in [0.4, 0.5) is 0 Å². The van der Waals surface area contributed by atoms with Gasteiger partial charge >= 0.3 is 0 Å². The topological polar surface area (TPSA) is 46.5 Å². The van der Waals surface area contributed by atoms with Crippen LogP contribution in [0.5, 0.6) is 0 Å². The first kappa shape index (κ1) is 13.4. The second-order valence-corrected chi connectivity index (χ2v) is 7.20. The van der Waals surface area contributed by atoms with E-state index in [1.807, 2.05) is 31.2 Å². The Morgan fingerprint density at radius 3 is 2.67 bits per heavy atom. The minimum atomic E-state index is -3.21. The molecule has 1 aromatic carbocycles. The molecule has 0 unspecified atom stereocenters. The van der Waals surface area contributed by atoms with E-state index in [-0.39, 0.29) is 5.75 Å². The summed E-state index contributed by atoms with van der Waals surface area (Å²) in [4.78, 5) is 4.15. The normalized spacial score (nSPS) is 16.2. The van der Waals surface area contributed by atoms with Gasteiger partial charge in [0.2, 0.25) is 0 Å². The molecule has 18 heavy (non-hydrogen) atoms. The number of aryl methyl sites for hydroxylation is 1. The highest BCUT2D eigenvalue weighted by atomic mass is 32.2. The molecule has 1 aromatic rings. The molecule has 0 bridgehead atoms. The SMILES string of the molecule is Cc1ccc(/C=C\S(=O)(=O)CC2=NCCS2)cc1. The van der Waals surface area contributed by atoms with Gasteiger partial charge in [-0.1, -0.05) is 29.8 Å². The largest absolute Gasteiger partial charge is 0.281 e. The third kappa shape index (κ3) is 3.99. The van der Waals surface area contributed by atoms with Crippen LogP contribution in [-0.4, -0.2) is 31.5 Å². The van der Waals surface area contributed by atoms with Crippen molar-refractivity contribution < 1.29 is 8.42 Å². The standard InChI is InChI=1S/C13H15NO2S2/c1-11-2-4-12(5-3-11)6-9-18(15,16)10-13-14-7-8-17-13/h2-6,9H,7-8,10H2,1H3/b9-6-. The lowest BCUT2D eigenvalue weighted by Gasteiger charge is -1.98. The van der Waals surface area contributed by atoms with Gasteiger partial charge < -0.3 is 0 Å². The Labute approximate surface area is 112 Å². The number of hydrogen-bond acceptors (Lipinski definition) is 4. The minimum Gasteiger partial charge on any atom is -0.281 e. The second-order valence-electron chi connectivity index (χ2n) is 4.14. The number of rotatable bonds is 4. The molecule has 96 valence electrons. The van der Waals surface area contributed by atoms with Crippen LogP contribution in [0.2, 0.25) is 0 Å². The predicted molar refractivity (Wildman–Crippen MR) is 78.8 cm³/mol. The molecule has 1 heterocycles. The number of benzene rings is 1. The van der Waals surface area contributed by atoms with Gasteiger partial charge in [-0.25, -0.2) is 8.42 Å². The van der Waals surface area contributed by atoms with Crippen molar-refractivity contribution in [3.8, 4) is 0 Å². The summed E-state index contributed by atoms with van der Waals surface area (Å²) in [6, 6.07) is 7.73. The highest BCUT2D eigenvalue weighted by Gasteiger charge is 2.15. The molecular weight excluding hydrogens is 266 g/mol. The van der Waals surface area contributed by atoms with Crippen molar-refractivity contribution in [2.75, 3.05) is 18.1 Å². The Morgan fingerprint density at radius 1 is 1.33 bits per heavy atom. The average molecular weight is 281 g/mol. The maximum absolute atomic E-state index is 11.8. The Bertz CT molecular complexity index is 572. The zero-order chi connectivity index (χ0) is 13.0. The fourth-order valence-corrected chi connectivity index (χ4v) is 3.87. The molecule has 0 N–H and O–H groups in total. The molecule has 0 atom stereocenters. The van der Waals surface area contributed by atoms with E-state index >= 15 is 0 Å². The molecule has 0 fully saturated rings. The molecule has 0 saturated carbocycles. The predicted octanol–water partition coefficient (Wildman–Crippen LogP) is 2.53. The van der Waals surface area contributed by atoms with Crippen LogP contribution >= 0.6 is 11.8 Å². The third-order valence-electron chi connectivity index (χ3n) is 2.52. The Morgan fingerprint density at radius 2 is 2.06 bits per heavy atom. The molecule has 1 aliphatic heterocycles. The lowest BCUT2D eigenvalue weighted by molar-refractivity contribution is 0.608. The van der Waals surface area contributed by atoms with Gasteiger partial charge in [0.25, 0.3) is 0 Å². The fourth-order valence-electron chi connectivity index (χ4n) is 1.55. The summed E-state index contributed by atoms with van der Waals surface area (Å²) in [7, 11) is -3.21. The number of hydrogen-bond donors (Lipinski definition) is 0. The Balaban J connectivity index is 2.05. The van der Waals surface area contributed by atoms with E-state index in [2.05, 4.69) is 4.99 Å². The van der Waals surface area contributed by atoms with Gasteiger partial charge in [-0.3, -0.25) is 4.99 Å². The number of sulfone groups is 1. The van der Waals surface area contributed by atoms with Crippen molar-refractivity contribution in [1.29, 1.82) is 0 Å². The van der Waals surface area contributed by atoms with E-state index in [0.29, 0.717) is 0 Å². The van der Waals surface area contributed by atoms with Crippen molar-refractivity contribution in [3.63, 3.8) is 0 Å². The zero-order valence-electron chi connectivity index (χ0n) is 10.2. The van der Waals surface area contributed by atoms with E-state index in [0.717, 1.165) is 28.5 Å². The summed E-state index contributed by atoms with van der Waals surface area (Å²) in [5.41, 5.74) is 2.05. The maximum atomic E-state index is 11.8. The van der Waals surface area contributed by atoms with Gasteiger partial charge in [-0.05, 0) is 18.6 Å². The lowest BCUT2D eigenvalue weighted by atomic mass is 10.2. The fraction of sp³-hybridized carbons (Fsp3) is 0.308. The molecule has 5 heteroatoms. The van der Waals surface area contributed by atoms with Gasteiger partial charge in [-0.2, -0.15) is 0 Å². The first-order valence-corrected chi connectivity index (χ1v) is 8.39. The molecule has 3 nitrogen and oxygen atoms in total. The molecule has 1 aliphatic rings. The highest BCUT2D eigenvalue weighted by Crippen LogP contribution is 2.14. The number of nitrogens with zero attached hydrogens (tertiary/aromatic N) is 1. The van der Waals surface area contributed by atoms with Crippen molar-refractivity contribution in [3.05, 3.63) is 40.8 Å². The summed E-state index contributed by atoms with van der Waals surface area (Å²) in [5.74, 6) is 0.923. The summed E-state index contributed by atoms with van der Waals surface area (Å²) in [6.45, 7) is 2.73. The van der Waals surface area contributed by atoms with Crippen LogP contribution < -0.4 is 0 Å². The van der Waals surface area contributed by atoms with Crippen LogP contribution in [0, 0.1) is 6.92 Å². The first-order valence-electron chi connectivity index (χ1n) is 5.69. The zero-order valence-corrected chi connectivity index (χ0v) is 11.8. The van der Waals surface area contributed by atoms with Crippen molar-refractivity contribution in [2.45, 2.75) is 6.92 Å². The van der Waals surface area contributed by atoms with Gasteiger partial charge in [0, 0.05) is 17.7 Å². The Hall–Kier alpha value is -1.07. The van der Waals surface area contributed by atoms with Crippen LogP contribution in [0.3, 0.4) is 0 Å². The summed E-state index contributed by atoms with van der Waals surface area (Å²) < 4.78 is 23.7. The summed E-state index contributed by atoms with van der Waals surface area (Å²) in [5, 5.41) is 2.00. The smallest absolute Gasteiger partial charge is 0.177 e. The molecule has 0 aliphatic carbocycles. The van der Waals surface area contributed by atoms with Gasteiger partial charge in [0.15, 0.2) is 9.84 Å². The summed E-state index contributed by atoms with van der Waals surface area (Å²) in [6.07, 6.45) is 1.63. The first-order chi connectivity index (χ1) is 8.55. The van der Waals surface area contributed by atoms with Crippen LogP contribution in [0.1, 0.15) is 11.1 Å². The van der Waals surface area contributed by atoms with E-state index in [4.69, 9.17) is 0 Å². The van der Waals surface area contributed by atoms with E-state index in [1.54, 1.807) is 6.08 Å². The molecule has 0 aromatic heterocycles. The van der Waals surface area contributed by atoms with Gasteiger partial charge in [-0.15, -0.1) is 11.8 Å². The average Bonchev–Trinajstić information content (AvgIpc) is 2.80. The number of thioether (sulfide) groups is 1. The maximum Gasteiger partial charge on any atom is 0.177 e. The monoisotopic (exact) mass is 281 g/mol. The van der Waals surface area contributed by atoms with E-state index in [1.165, 1.54) is 17.2 Å². The van der Waals surface area contributed by atoms with E-state index < -0.39 is 9.84 Å². The third-order valence-corrected chi connectivity index (χ3v) is 4.92. The molecular formula is C13H15NO2S2. The van der Waals surface area contributed by atoms with Crippen molar-refractivity contribution in [1.82, 2.24) is 0 Å². The van der Waals surface area contributed by atoms with E-state index in [9.17, 15) is 8.42 Å². The highest BCUT2D eigenvalue weighted by molar-refractivity contribution is 8.15. The van der Waals surface area contributed by atoms with Crippen molar-refractivity contribution in [2.24, 2.45) is 4.99 Å². The van der Waals surface area contributed by atoms with Crippen LogP contribution in [-0.2, 0) is 9.84 Å². The van der Waals surface area contributed by atoms with Gasteiger partial charge in [0.1, 0.15) is 5.75 Å². The van der Waals surface area contributed by atoms with Crippen LogP contribution in [0.15, 0.2) is 34.7 Å². The van der Waals surface area contributed by atoms with Crippen LogP contribution in [0.25, 0.3) is 6.08 Å². The lowest BCUT2D eigenvalue weighted by Crippen LogP contribution is -2.09. The quantitative estimate of drug-likeness (QED) is 0.852. The Kier molecular flexibility index (Phi) is 4.24. The molecule has 0 amide bonds. The van der Waals surface area contributed by atoms with Gasteiger partial charge in [0.05, 0.1) is 5.04 Å². The molecule has 2 rings (SSSR count). The molecule has 0 spiro atoms. The van der Waals surface area contributed by atoms with Crippen molar-refractivity contribution >= 4 is 32.7 Å².